The van der Waals surface area contributed by atoms with Crippen molar-refractivity contribution in [3.05, 3.63) is 34.9 Å². The van der Waals surface area contributed by atoms with Gasteiger partial charge in [0, 0.05) is 23.7 Å². The van der Waals surface area contributed by atoms with Crippen molar-refractivity contribution in [3.63, 3.8) is 0 Å². The predicted molar refractivity (Wildman–Crippen MR) is 86.7 cm³/mol. The second-order valence-corrected chi connectivity index (χ2v) is 6.22. The first-order valence-corrected chi connectivity index (χ1v) is 8.35. The van der Waals surface area contributed by atoms with Crippen molar-refractivity contribution in [2.45, 2.75) is 25.5 Å². The van der Waals surface area contributed by atoms with Crippen LogP contribution in [0.25, 0.3) is 0 Å². The van der Waals surface area contributed by atoms with E-state index in [9.17, 15) is 9.59 Å². The van der Waals surface area contributed by atoms with Crippen LogP contribution in [0.1, 0.15) is 25.3 Å². The molecule has 1 amide bonds. The first-order valence-electron chi connectivity index (χ1n) is 6.82. The molecule has 0 heterocycles. The Labute approximate surface area is 134 Å². The van der Waals surface area contributed by atoms with Crippen LogP contribution in [0, 0.1) is 5.92 Å². The Hall–Kier alpha value is -1.20. The number of thioether (sulfide) groups is 1. The molecule has 1 unspecified atom stereocenters. The van der Waals surface area contributed by atoms with Crippen molar-refractivity contribution in [2.75, 3.05) is 12.3 Å². The number of hydrogen-bond donors (Lipinski definition) is 2. The van der Waals surface area contributed by atoms with Crippen LogP contribution in [0.3, 0.4) is 0 Å². The van der Waals surface area contributed by atoms with E-state index < -0.39 is 5.97 Å². The summed E-state index contributed by atoms with van der Waals surface area (Å²) in [5.41, 5.74) is 1.08. The van der Waals surface area contributed by atoms with Crippen LogP contribution in [0.15, 0.2) is 24.3 Å². The SMILES string of the molecule is CCC(CNC(=O)CSCc1cccc(Cl)c1)CC(=O)O. The minimum Gasteiger partial charge on any atom is -0.481 e. The second kappa shape index (κ2) is 9.68. The number of carboxylic acid groups (broad SMARTS) is 1. The molecule has 0 aromatic heterocycles. The number of rotatable bonds is 9. The lowest BCUT2D eigenvalue weighted by Gasteiger charge is -2.13. The number of halogens is 1. The van der Waals surface area contributed by atoms with Gasteiger partial charge >= 0.3 is 5.97 Å². The molecule has 0 radical (unpaired) electrons. The standard InChI is InChI=1S/C15H20ClNO3S/c1-2-11(7-15(19)20)8-17-14(18)10-21-9-12-4-3-5-13(16)6-12/h3-6,11H,2,7-10H2,1H3,(H,17,18)(H,19,20). The zero-order chi connectivity index (χ0) is 15.7. The Morgan fingerprint density at radius 2 is 2.19 bits per heavy atom. The monoisotopic (exact) mass is 329 g/mol. The Morgan fingerprint density at radius 3 is 2.81 bits per heavy atom. The summed E-state index contributed by atoms with van der Waals surface area (Å²) in [6, 6.07) is 7.55. The average molecular weight is 330 g/mol. The zero-order valence-electron chi connectivity index (χ0n) is 12.0. The summed E-state index contributed by atoms with van der Waals surface area (Å²) in [7, 11) is 0. The summed E-state index contributed by atoms with van der Waals surface area (Å²) in [5, 5.41) is 12.2. The lowest BCUT2D eigenvalue weighted by molar-refractivity contribution is -0.138. The van der Waals surface area contributed by atoms with Crippen LogP contribution < -0.4 is 5.32 Å². The molecule has 0 aliphatic heterocycles. The maximum Gasteiger partial charge on any atom is 0.303 e. The molecule has 21 heavy (non-hydrogen) atoms. The van der Waals surface area contributed by atoms with Gasteiger partial charge < -0.3 is 10.4 Å². The third-order valence-electron chi connectivity index (χ3n) is 3.02. The molecule has 1 atom stereocenters. The van der Waals surface area contributed by atoms with Gasteiger partial charge in [0.2, 0.25) is 5.91 Å². The van der Waals surface area contributed by atoms with Crippen LogP contribution in [-0.4, -0.2) is 29.3 Å². The van der Waals surface area contributed by atoms with E-state index >= 15 is 0 Å². The smallest absolute Gasteiger partial charge is 0.303 e. The van der Waals surface area contributed by atoms with Crippen LogP contribution >= 0.6 is 23.4 Å². The topological polar surface area (TPSA) is 66.4 Å². The minimum atomic E-state index is -0.827. The van der Waals surface area contributed by atoms with Crippen LogP contribution in [-0.2, 0) is 15.3 Å². The number of hydrogen-bond acceptors (Lipinski definition) is 3. The van der Waals surface area contributed by atoms with Gasteiger partial charge in [0.25, 0.3) is 0 Å². The molecule has 0 saturated carbocycles. The van der Waals surface area contributed by atoms with Gasteiger partial charge in [-0.2, -0.15) is 0 Å². The number of carbonyl (C=O) groups excluding carboxylic acids is 1. The number of amides is 1. The van der Waals surface area contributed by atoms with Crippen molar-refractivity contribution in [3.8, 4) is 0 Å². The summed E-state index contributed by atoms with van der Waals surface area (Å²) in [6.45, 7) is 2.34. The molecule has 0 saturated heterocycles. The number of benzene rings is 1. The number of carboxylic acids is 1. The molecule has 0 aliphatic carbocycles. The normalized spacial score (nSPS) is 11.9. The zero-order valence-corrected chi connectivity index (χ0v) is 13.5. The summed E-state index contributed by atoms with van der Waals surface area (Å²) < 4.78 is 0. The highest BCUT2D eigenvalue weighted by Crippen LogP contribution is 2.16. The van der Waals surface area contributed by atoms with Gasteiger partial charge in [0.05, 0.1) is 5.75 Å². The van der Waals surface area contributed by atoms with E-state index in [2.05, 4.69) is 5.32 Å². The van der Waals surface area contributed by atoms with E-state index in [0.717, 1.165) is 17.7 Å². The van der Waals surface area contributed by atoms with Crippen molar-refractivity contribution in [1.29, 1.82) is 0 Å². The number of nitrogens with one attached hydrogen (secondary N) is 1. The molecule has 0 bridgehead atoms. The number of carbonyl (C=O) groups is 2. The molecular weight excluding hydrogens is 310 g/mol. The quantitative estimate of drug-likeness (QED) is 0.730. The minimum absolute atomic E-state index is 0.00983. The summed E-state index contributed by atoms with van der Waals surface area (Å²) in [5.74, 6) is 0.178. The molecule has 1 aromatic rings. The molecular formula is C15H20ClNO3S. The third kappa shape index (κ3) is 7.97. The Bertz CT molecular complexity index is 482. The third-order valence-corrected chi connectivity index (χ3v) is 4.26. The van der Waals surface area contributed by atoms with Crippen molar-refractivity contribution in [1.82, 2.24) is 5.32 Å². The lowest BCUT2D eigenvalue weighted by Crippen LogP contribution is -2.31. The van der Waals surface area contributed by atoms with Gasteiger partial charge in [-0.25, -0.2) is 0 Å². The van der Waals surface area contributed by atoms with Gasteiger partial charge in [-0.3, -0.25) is 9.59 Å². The molecule has 116 valence electrons. The summed E-state index contributed by atoms with van der Waals surface area (Å²) in [6.07, 6.45) is 0.828. The Balaban J connectivity index is 2.23. The summed E-state index contributed by atoms with van der Waals surface area (Å²) in [4.78, 5) is 22.3. The van der Waals surface area contributed by atoms with Gasteiger partial charge in [-0.1, -0.05) is 37.1 Å². The van der Waals surface area contributed by atoms with Gasteiger partial charge in [0.15, 0.2) is 0 Å². The molecule has 0 aliphatic rings. The van der Waals surface area contributed by atoms with E-state index in [0.29, 0.717) is 17.3 Å². The maximum absolute atomic E-state index is 11.7. The second-order valence-electron chi connectivity index (χ2n) is 4.80. The molecule has 0 spiro atoms. The lowest BCUT2D eigenvalue weighted by atomic mass is 10.0. The van der Waals surface area contributed by atoms with E-state index in [-0.39, 0.29) is 18.2 Å². The molecule has 1 rings (SSSR count). The molecule has 2 N–H and O–H groups in total. The van der Waals surface area contributed by atoms with Gasteiger partial charge in [-0.05, 0) is 23.6 Å². The predicted octanol–water partition coefficient (Wildman–Crippen LogP) is 3.19. The Kier molecular flexibility index (Phi) is 8.23. The van der Waals surface area contributed by atoms with Gasteiger partial charge in [0.1, 0.15) is 0 Å². The van der Waals surface area contributed by atoms with E-state index in [4.69, 9.17) is 16.7 Å². The molecule has 0 fully saturated rings. The van der Waals surface area contributed by atoms with E-state index in [1.54, 1.807) is 0 Å². The average Bonchev–Trinajstić information content (AvgIpc) is 2.43. The largest absolute Gasteiger partial charge is 0.481 e. The van der Waals surface area contributed by atoms with Crippen LogP contribution in [0.2, 0.25) is 5.02 Å². The van der Waals surface area contributed by atoms with Crippen LogP contribution in [0.5, 0.6) is 0 Å². The maximum atomic E-state index is 11.7. The summed E-state index contributed by atoms with van der Waals surface area (Å²) >= 11 is 7.40. The fourth-order valence-corrected chi connectivity index (χ4v) is 2.82. The van der Waals surface area contributed by atoms with E-state index in [1.807, 2.05) is 31.2 Å². The highest BCUT2D eigenvalue weighted by atomic mass is 35.5. The van der Waals surface area contributed by atoms with Crippen molar-refractivity contribution < 1.29 is 14.7 Å². The first kappa shape index (κ1) is 17.9. The fourth-order valence-electron chi connectivity index (χ4n) is 1.81. The molecule has 1 aromatic carbocycles. The van der Waals surface area contributed by atoms with Gasteiger partial charge in [-0.15, -0.1) is 11.8 Å². The number of aliphatic carboxylic acids is 1. The van der Waals surface area contributed by atoms with Crippen LogP contribution in [0.4, 0.5) is 0 Å². The first-order chi connectivity index (χ1) is 10.0. The van der Waals surface area contributed by atoms with Crippen molar-refractivity contribution >= 4 is 35.2 Å². The highest BCUT2D eigenvalue weighted by molar-refractivity contribution is 7.99. The Morgan fingerprint density at radius 1 is 1.43 bits per heavy atom. The highest BCUT2D eigenvalue weighted by Gasteiger charge is 2.12. The fraction of sp³-hybridized carbons (Fsp3) is 0.467. The van der Waals surface area contributed by atoms with Crippen molar-refractivity contribution in [2.24, 2.45) is 5.92 Å². The molecule has 6 heteroatoms. The molecule has 4 nitrogen and oxygen atoms in total. The van der Waals surface area contributed by atoms with E-state index in [1.165, 1.54) is 11.8 Å².